The molecule has 1 N–H and O–H groups in total. The summed E-state index contributed by atoms with van der Waals surface area (Å²) in [6, 6.07) is 6.62. The first-order chi connectivity index (χ1) is 14.5. The fraction of sp³-hybridized carbons (Fsp3) is 0.565. The molecule has 4 aliphatic rings. The van der Waals surface area contributed by atoms with E-state index in [0.29, 0.717) is 31.7 Å². The molecule has 0 bridgehead atoms. The predicted molar refractivity (Wildman–Crippen MR) is 112 cm³/mol. The third kappa shape index (κ3) is 3.03. The van der Waals surface area contributed by atoms with Gasteiger partial charge in [-0.1, -0.05) is 6.08 Å². The summed E-state index contributed by atoms with van der Waals surface area (Å²) in [5.74, 6) is 0.297. The number of hydrogen-bond donors (Lipinski definition) is 1. The molecule has 0 amide bonds. The van der Waals surface area contributed by atoms with E-state index >= 15 is 0 Å². The van der Waals surface area contributed by atoms with Crippen molar-refractivity contribution in [1.82, 2.24) is 0 Å². The van der Waals surface area contributed by atoms with Crippen LogP contribution in [0.3, 0.4) is 0 Å². The molecule has 0 spiro atoms. The highest BCUT2D eigenvalue weighted by Gasteiger charge is 2.46. The molecule has 0 aromatic heterocycles. The highest BCUT2D eigenvalue weighted by atomic mass is 16.5. The Morgan fingerprint density at radius 2 is 1.93 bits per heavy atom. The van der Waals surface area contributed by atoms with Crippen LogP contribution in [0.4, 0.5) is 5.69 Å². The second-order valence-corrected chi connectivity index (χ2v) is 8.81. The second kappa shape index (κ2) is 7.39. The lowest BCUT2D eigenvalue weighted by Crippen LogP contribution is -2.51. The van der Waals surface area contributed by atoms with E-state index in [1.165, 1.54) is 11.3 Å². The summed E-state index contributed by atoms with van der Waals surface area (Å²) in [5.41, 5.74) is 4.60. The number of rotatable bonds is 4. The van der Waals surface area contributed by atoms with Crippen molar-refractivity contribution in [1.29, 1.82) is 0 Å². The van der Waals surface area contributed by atoms with Crippen LogP contribution < -0.4 is 9.64 Å². The van der Waals surface area contributed by atoms with Gasteiger partial charge in [-0.3, -0.25) is 4.79 Å². The summed E-state index contributed by atoms with van der Waals surface area (Å²) in [6.07, 6.45) is 4.48. The molecule has 7 heteroatoms. The average molecular weight is 413 g/mol. The van der Waals surface area contributed by atoms with Crippen LogP contribution >= 0.6 is 0 Å². The number of carboxylic acid groups (broad SMARTS) is 1. The van der Waals surface area contributed by atoms with Crippen molar-refractivity contribution in [2.24, 2.45) is 11.8 Å². The van der Waals surface area contributed by atoms with E-state index < -0.39 is 5.97 Å². The molecule has 5 rings (SSSR count). The lowest BCUT2D eigenvalue weighted by atomic mass is 9.76. The smallest absolute Gasteiger partial charge is 0.310 e. The number of aliphatic carboxylic acids is 1. The molecule has 1 saturated carbocycles. The van der Waals surface area contributed by atoms with E-state index in [-0.39, 0.29) is 18.1 Å². The summed E-state index contributed by atoms with van der Waals surface area (Å²) < 4.78 is 20.0. The van der Waals surface area contributed by atoms with Gasteiger partial charge in [0.25, 0.3) is 0 Å². The first-order valence-electron chi connectivity index (χ1n) is 10.6. The Bertz CT molecular complexity index is 934. The highest BCUT2D eigenvalue weighted by molar-refractivity contribution is 6.12. The van der Waals surface area contributed by atoms with E-state index in [1.54, 1.807) is 14.2 Å². The van der Waals surface area contributed by atoms with Crippen molar-refractivity contribution < 1.29 is 28.7 Å². The Morgan fingerprint density at radius 3 is 2.63 bits per heavy atom. The topological polar surface area (TPSA) is 71.2 Å². The number of nitrogens with zero attached hydrogens (tertiary/aromatic N) is 2. The maximum atomic E-state index is 11.1. The largest absolute Gasteiger partial charge is 0.488 e. The second-order valence-electron chi connectivity index (χ2n) is 8.81. The summed E-state index contributed by atoms with van der Waals surface area (Å²) >= 11 is 0. The first kappa shape index (κ1) is 19.6. The molecule has 3 aliphatic heterocycles. The SMILES string of the molecule is COC1CC2C=C3COc4cc(N5CC(C(=O)O)C5)ccc4C3=[N+](C)C2CC1OC. The van der Waals surface area contributed by atoms with Crippen LogP contribution in [0.1, 0.15) is 18.4 Å². The Hall–Kier alpha value is -2.38. The molecule has 160 valence electrons. The summed E-state index contributed by atoms with van der Waals surface area (Å²) in [7, 11) is 5.71. The summed E-state index contributed by atoms with van der Waals surface area (Å²) in [5, 5.41) is 9.13. The predicted octanol–water partition coefficient (Wildman–Crippen LogP) is 1.78. The third-order valence-electron chi connectivity index (χ3n) is 7.26. The van der Waals surface area contributed by atoms with Gasteiger partial charge in [-0.05, 0) is 18.6 Å². The minimum atomic E-state index is -0.721. The van der Waals surface area contributed by atoms with Crippen LogP contribution in [0.25, 0.3) is 0 Å². The van der Waals surface area contributed by atoms with Crippen molar-refractivity contribution in [3.05, 3.63) is 35.4 Å². The van der Waals surface area contributed by atoms with Crippen LogP contribution in [0, 0.1) is 11.8 Å². The van der Waals surface area contributed by atoms with Gasteiger partial charge in [0.15, 0.2) is 6.04 Å². The molecule has 4 atom stereocenters. The van der Waals surface area contributed by atoms with E-state index in [4.69, 9.17) is 19.3 Å². The van der Waals surface area contributed by atoms with Crippen LogP contribution in [-0.2, 0) is 14.3 Å². The van der Waals surface area contributed by atoms with E-state index in [0.717, 1.165) is 29.8 Å². The summed E-state index contributed by atoms with van der Waals surface area (Å²) in [4.78, 5) is 13.2. The van der Waals surface area contributed by atoms with Gasteiger partial charge in [-0.25, -0.2) is 4.58 Å². The highest BCUT2D eigenvalue weighted by Crippen LogP contribution is 2.39. The van der Waals surface area contributed by atoms with Crippen molar-refractivity contribution in [2.45, 2.75) is 31.1 Å². The van der Waals surface area contributed by atoms with Gasteiger partial charge < -0.3 is 24.2 Å². The van der Waals surface area contributed by atoms with Gasteiger partial charge in [0.1, 0.15) is 19.4 Å². The molecule has 2 fully saturated rings. The quantitative estimate of drug-likeness (QED) is 0.759. The maximum Gasteiger partial charge on any atom is 0.310 e. The minimum absolute atomic E-state index is 0.101. The number of hydrogen-bond acceptors (Lipinski definition) is 5. The van der Waals surface area contributed by atoms with E-state index in [2.05, 4.69) is 40.8 Å². The zero-order valence-corrected chi connectivity index (χ0v) is 17.7. The standard InChI is InChI=1S/C23H28N2O5/c1-24-18-9-21(29-3)20(28-2)7-13(18)6-14-12-30-19-8-16(4-5-17(19)22(14)24)25-10-15(11-25)23(26)27/h4-6,8,13,15,18,20-21H,7,9-12H2,1-3H3/p+1. The van der Waals surface area contributed by atoms with Crippen molar-refractivity contribution in [3.8, 4) is 5.75 Å². The molecule has 30 heavy (non-hydrogen) atoms. The normalized spacial score (nSPS) is 30.5. The number of fused-ring (bicyclic) bond motifs is 4. The van der Waals surface area contributed by atoms with Gasteiger partial charge in [0.2, 0.25) is 5.71 Å². The molecule has 3 heterocycles. The van der Waals surface area contributed by atoms with Gasteiger partial charge >= 0.3 is 5.97 Å². The Labute approximate surface area is 176 Å². The number of carbonyl (C=O) groups is 1. The van der Waals surface area contributed by atoms with Crippen LogP contribution in [0.5, 0.6) is 5.75 Å². The van der Waals surface area contributed by atoms with E-state index in [9.17, 15) is 4.79 Å². The number of anilines is 1. The van der Waals surface area contributed by atoms with Gasteiger partial charge in [0, 0.05) is 51.4 Å². The monoisotopic (exact) mass is 413 g/mol. The fourth-order valence-corrected chi connectivity index (χ4v) is 5.50. The molecule has 7 nitrogen and oxygen atoms in total. The molecular weight excluding hydrogens is 384 g/mol. The number of ether oxygens (including phenoxy) is 3. The molecular formula is C23H29N2O5+. The zero-order valence-electron chi connectivity index (χ0n) is 17.7. The molecule has 1 aromatic carbocycles. The molecule has 0 radical (unpaired) electrons. The molecule has 1 aliphatic carbocycles. The third-order valence-corrected chi connectivity index (χ3v) is 7.26. The van der Waals surface area contributed by atoms with Crippen LogP contribution in [0.2, 0.25) is 0 Å². The van der Waals surface area contributed by atoms with Gasteiger partial charge in [-0.2, -0.15) is 0 Å². The Morgan fingerprint density at radius 1 is 1.20 bits per heavy atom. The average Bonchev–Trinajstić information content (AvgIpc) is 2.71. The lowest BCUT2D eigenvalue weighted by Gasteiger charge is -2.40. The van der Waals surface area contributed by atoms with Crippen molar-refractivity contribution in [3.63, 3.8) is 0 Å². The summed E-state index contributed by atoms with van der Waals surface area (Å²) in [6.45, 7) is 1.67. The van der Waals surface area contributed by atoms with Gasteiger partial charge in [0.05, 0.1) is 29.3 Å². The Balaban J connectivity index is 1.44. The van der Waals surface area contributed by atoms with Crippen molar-refractivity contribution in [2.75, 3.05) is 45.9 Å². The van der Waals surface area contributed by atoms with Crippen LogP contribution in [-0.4, -0.2) is 80.6 Å². The van der Waals surface area contributed by atoms with Gasteiger partial charge in [-0.15, -0.1) is 0 Å². The number of benzene rings is 1. The fourth-order valence-electron chi connectivity index (χ4n) is 5.50. The molecule has 1 aromatic rings. The first-order valence-corrected chi connectivity index (χ1v) is 10.6. The molecule has 1 saturated heterocycles. The van der Waals surface area contributed by atoms with Crippen LogP contribution in [0.15, 0.2) is 29.8 Å². The number of carboxylic acids is 1. The van der Waals surface area contributed by atoms with Crippen molar-refractivity contribution >= 4 is 17.4 Å². The van der Waals surface area contributed by atoms with E-state index in [1.807, 2.05) is 0 Å². The minimum Gasteiger partial charge on any atom is -0.488 e. The zero-order chi connectivity index (χ0) is 21.0. The maximum absolute atomic E-state index is 11.1. The number of methoxy groups -OCH3 is 2. The molecule has 4 unspecified atom stereocenters. The Kier molecular flexibility index (Phi) is 4.82. The lowest BCUT2D eigenvalue weighted by molar-refractivity contribution is -0.553.